The van der Waals surface area contributed by atoms with Crippen molar-refractivity contribution in [1.29, 1.82) is 0 Å². The van der Waals surface area contributed by atoms with Gasteiger partial charge in [-0.3, -0.25) is 4.79 Å². The molecule has 1 aliphatic carbocycles. The third-order valence-electron chi connectivity index (χ3n) is 4.42. The SMILES string of the molecule is COc1cccc(C(=O)OCC(=O)N[C@H]2CCCC[C@H]2C)c1OC. The van der Waals surface area contributed by atoms with Crippen LogP contribution in [-0.2, 0) is 9.53 Å². The largest absolute Gasteiger partial charge is 0.493 e. The van der Waals surface area contributed by atoms with Crippen LogP contribution in [0.2, 0.25) is 0 Å². The van der Waals surface area contributed by atoms with E-state index in [0.29, 0.717) is 17.4 Å². The number of nitrogens with one attached hydrogen (secondary N) is 1. The maximum atomic E-state index is 12.2. The Balaban J connectivity index is 1.92. The lowest BCUT2D eigenvalue weighted by atomic mass is 9.86. The molecule has 0 spiro atoms. The number of carbonyl (C=O) groups is 2. The molecule has 2 rings (SSSR count). The Morgan fingerprint density at radius 3 is 2.58 bits per heavy atom. The van der Waals surface area contributed by atoms with Crippen molar-refractivity contribution in [2.24, 2.45) is 5.92 Å². The quantitative estimate of drug-likeness (QED) is 0.809. The first kappa shape index (κ1) is 18.1. The molecule has 1 aromatic rings. The van der Waals surface area contributed by atoms with Crippen molar-refractivity contribution in [1.82, 2.24) is 5.32 Å². The molecule has 1 fully saturated rings. The normalized spacial score (nSPS) is 20.1. The van der Waals surface area contributed by atoms with E-state index in [1.54, 1.807) is 18.2 Å². The summed E-state index contributed by atoms with van der Waals surface area (Å²) in [5.74, 6) is 0.303. The van der Waals surface area contributed by atoms with Crippen LogP contribution in [0.15, 0.2) is 18.2 Å². The minimum atomic E-state index is -0.613. The standard InChI is InChI=1S/C18H25NO5/c1-12-7-4-5-9-14(12)19-16(20)11-24-18(21)13-8-6-10-15(22-2)17(13)23-3/h6,8,10,12,14H,4-5,7,9,11H2,1-3H3,(H,19,20)/t12-,14+/m1/s1. The van der Waals surface area contributed by atoms with Crippen molar-refractivity contribution in [2.45, 2.75) is 38.6 Å². The molecule has 0 radical (unpaired) electrons. The number of benzene rings is 1. The maximum absolute atomic E-state index is 12.2. The number of ether oxygens (including phenoxy) is 3. The van der Waals surface area contributed by atoms with Gasteiger partial charge in [-0.15, -0.1) is 0 Å². The summed E-state index contributed by atoms with van der Waals surface area (Å²) in [5.41, 5.74) is 0.232. The molecule has 1 aromatic carbocycles. The van der Waals surface area contributed by atoms with Gasteiger partial charge in [0, 0.05) is 6.04 Å². The first-order valence-electron chi connectivity index (χ1n) is 8.24. The molecule has 6 nitrogen and oxygen atoms in total. The minimum Gasteiger partial charge on any atom is -0.493 e. The molecule has 1 saturated carbocycles. The smallest absolute Gasteiger partial charge is 0.342 e. The van der Waals surface area contributed by atoms with Gasteiger partial charge in [0.25, 0.3) is 5.91 Å². The Hall–Kier alpha value is -2.24. The monoisotopic (exact) mass is 335 g/mol. The van der Waals surface area contributed by atoms with Crippen LogP contribution in [0.1, 0.15) is 43.0 Å². The van der Waals surface area contributed by atoms with Gasteiger partial charge in [0.2, 0.25) is 0 Å². The summed E-state index contributed by atoms with van der Waals surface area (Å²) in [6.07, 6.45) is 4.42. The van der Waals surface area contributed by atoms with Crippen LogP contribution in [0.5, 0.6) is 11.5 Å². The van der Waals surface area contributed by atoms with E-state index in [2.05, 4.69) is 12.2 Å². The molecule has 0 unspecified atom stereocenters. The zero-order chi connectivity index (χ0) is 17.5. The average molecular weight is 335 g/mol. The van der Waals surface area contributed by atoms with Gasteiger partial charge in [0.15, 0.2) is 18.1 Å². The number of para-hydroxylation sites is 1. The fourth-order valence-corrected chi connectivity index (χ4v) is 3.04. The summed E-state index contributed by atoms with van der Waals surface area (Å²) in [6, 6.07) is 5.09. The third-order valence-corrected chi connectivity index (χ3v) is 4.42. The van der Waals surface area contributed by atoms with E-state index in [1.165, 1.54) is 20.6 Å². The highest BCUT2D eigenvalue weighted by Crippen LogP contribution is 2.31. The van der Waals surface area contributed by atoms with Crippen LogP contribution in [0.25, 0.3) is 0 Å². The maximum Gasteiger partial charge on any atom is 0.342 e. The highest BCUT2D eigenvalue weighted by atomic mass is 16.5. The van der Waals surface area contributed by atoms with Crippen molar-refractivity contribution >= 4 is 11.9 Å². The number of carbonyl (C=O) groups excluding carboxylic acids is 2. The van der Waals surface area contributed by atoms with E-state index in [1.807, 2.05) is 0 Å². The molecule has 1 aliphatic rings. The molecule has 0 aliphatic heterocycles. The summed E-state index contributed by atoms with van der Waals surface area (Å²) < 4.78 is 15.5. The van der Waals surface area contributed by atoms with E-state index in [-0.39, 0.29) is 24.1 Å². The van der Waals surface area contributed by atoms with E-state index in [4.69, 9.17) is 14.2 Å². The van der Waals surface area contributed by atoms with Crippen molar-refractivity contribution in [3.63, 3.8) is 0 Å². The van der Waals surface area contributed by atoms with Gasteiger partial charge in [-0.25, -0.2) is 4.79 Å². The van der Waals surface area contributed by atoms with Gasteiger partial charge in [0.1, 0.15) is 5.56 Å². The highest BCUT2D eigenvalue weighted by Gasteiger charge is 2.24. The summed E-state index contributed by atoms with van der Waals surface area (Å²) >= 11 is 0. The molecule has 0 saturated heterocycles. The second kappa shape index (κ2) is 8.57. The van der Waals surface area contributed by atoms with Gasteiger partial charge in [-0.2, -0.15) is 0 Å². The number of hydrogen-bond acceptors (Lipinski definition) is 5. The van der Waals surface area contributed by atoms with Crippen LogP contribution in [0, 0.1) is 5.92 Å². The van der Waals surface area contributed by atoms with Crippen LogP contribution in [0.4, 0.5) is 0 Å². The first-order valence-corrected chi connectivity index (χ1v) is 8.24. The highest BCUT2D eigenvalue weighted by molar-refractivity contribution is 5.95. The number of methoxy groups -OCH3 is 2. The van der Waals surface area contributed by atoms with Crippen LogP contribution < -0.4 is 14.8 Å². The second-order valence-corrected chi connectivity index (χ2v) is 6.05. The topological polar surface area (TPSA) is 73.9 Å². The third kappa shape index (κ3) is 4.40. The zero-order valence-electron chi connectivity index (χ0n) is 14.5. The zero-order valence-corrected chi connectivity index (χ0v) is 14.5. The summed E-state index contributed by atoms with van der Waals surface area (Å²) in [7, 11) is 2.94. The summed E-state index contributed by atoms with van der Waals surface area (Å²) in [4.78, 5) is 24.2. The number of esters is 1. The number of rotatable bonds is 6. The van der Waals surface area contributed by atoms with Crippen LogP contribution in [-0.4, -0.2) is 38.7 Å². The molecule has 0 bridgehead atoms. The molecule has 24 heavy (non-hydrogen) atoms. The lowest BCUT2D eigenvalue weighted by Crippen LogP contribution is -2.42. The predicted molar refractivity (Wildman–Crippen MR) is 89.4 cm³/mol. The van der Waals surface area contributed by atoms with Crippen molar-refractivity contribution in [3.8, 4) is 11.5 Å². The van der Waals surface area contributed by atoms with Gasteiger partial charge in [-0.1, -0.05) is 25.8 Å². The Kier molecular flexibility index (Phi) is 6.46. The molecule has 6 heteroatoms. The predicted octanol–water partition coefficient (Wildman–Crippen LogP) is 2.56. The molecule has 132 valence electrons. The van der Waals surface area contributed by atoms with E-state index in [9.17, 15) is 9.59 Å². The number of hydrogen-bond donors (Lipinski definition) is 1. The van der Waals surface area contributed by atoms with Crippen molar-refractivity contribution in [2.75, 3.05) is 20.8 Å². The van der Waals surface area contributed by atoms with Crippen LogP contribution in [0.3, 0.4) is 0 Å². The van der Waals surface area contributed by atoms with Crippen molar-refractivity contribution in [3.05, 3.63) is 23.8 Å². The van der Waals surface area contributed by atoms with E-state index >= 15 is 0 Å². The molecule has 0 aromatic heterocycles. The van der Waals surface area contributed by atoms with Gasteiger partial charge >= 0.3 is 5.97 Å². The lowest BCUT2D eigenvalue weighted by Gasteiger charge is -2.29. The first-order chi connectivity index (χ1) is 11.6. The van der Waals surface area contributed by atoms with Gasteiger partial charge in [-0.05, 0) is 30.9 Å². The lowest BCUT2D eigenvalue weighted by molar-refractivity contribution is -0.125. The molecule has 1 N–H and O–H groups in total. The van der Waals surface area contributed by atoms with Crippen molar-refractivity contribution < 1.29 is 23.8 Å². The Morgan fingerprint density at radius 2 is 1.92 bits per heavy atom. The van der Waals surface area contributed by atoms with E-state index in [0.717, 1.165) is 19.3 Å². The molecule has 0 heterocycles. The second-order valence-electron chi connectivity index (χ2n) is 6.05. The fourth-order valence-electron chi connectivity index (χ4n) is 3.04. The molecular weight excluding hydrogens is 310 g/mol. The summed E-state index contributed by atoms with van der Waals surface area (Å²) in [5, 5.41) is 2.95. The summed E-state index contributed by atoms with van der Waals surface area (Å²) in [6.45, 7) is 1.83. The molecule has 2 atom stereocenters. The fraction of sp³-hybridized carbons (Fsp3) is 0.556. The Bertz CT molecular complexity index is 587. The Labute approximate surface area is 142 Å². The minimum absolute atomic E-state index is 0.163. The van der Waals surface area contributed by atoms with E-state index < -0.39 is 5.97 Å². The average Bonchev–Trinajstić information content (AvgIpc) is 2.60. The van der Waals surface area contributed by atoms with Gasteiger partial charge < -0.3 is 19.5 Å². The number of amides is 1. The Morgan fingerprint density at radius 1 is 1.17 bits per heavy atom. The van der Waals surface area contributed by atoms with Gasteiger partial charge in [0.05, 0.1) is 14.2 Å². The van der Waals surface area contributed by atoms with Crippen LogP contribution >= 0.6 is 0 Å². The molecular formula is C18H25NO5. The molecule has 1 amide bonds.